The Hall–Kier alpha value is -0.460. The Morgan fingerprint density at radius 3 is 1.45 bits per heavy atom. The molecule has 0 aliphatic rings. The van der Waals surface area contributed by atoms with Gasteiger partial charge in [-0.05, 0) is 0 Å². The van der Waals surface area contributed by atoms with Gasteiger partial charge in [0, 0.05) is 0 Å². The van der Waals surface area contributed by atoms with Crippen molar-refractivity contribution in [1.29, 1.82) is 0 Å². The van der Waals surface area contributed by atoms with Crippen LogP contribution in [-0.2, 0) is 0 Å². The second-order valence-electron chi connectivity index (χ2n) is 1.81. The Balaban J connectivity index is 4.29. The van der Waals surface area contributed by atoms with Gasteiger partial charge < -0.3 is 0 Å². The molecule has 0 fully saturated rings. The molecule has 68 valence electrons. The van der Waals surface area contributed by atoms with E-state index in [1.807, 2.05) is 0 Å². The maximum Gasteiger partial charge on any atom is 0.327 e. The summed E-state index contributed by atoms with van der Waals surface area (Å²) in [5, 5.41) is 0. The fourth-order valence-corrected chi connectivity index (χ4v) is 0.320. The maximum atomic E-state index is 11.8. The van der Waals surface area contributed by atoms with Crippen LogP contribution >= 0.6 is 0 Å². The molecule has 2 atom stereocenters. The number of hydrogen-bond donors (Lipinski definition) is 1. The van der Waals surface area contributed by atoms with Crippen LogP contribution in [0.15, 0.2) is 0 Å². The van der Waals surface area contributed by atoms with E-state index in [0.29, 0.717) is 0 Å². The normalized spacial score (nSPS) is 18.5. The minimum atomic E-state index is -4.83. The van der Waals surface area contributed by atoms with Crippen molar-refractivity contribution in [2.75, 3.05) is 0 Å². The average Bonchev–Trinajstić information content (AvgIpc) is 1.85. The zero-order valence-electron chi connectivity index (χ0n) is 5.08. The van der Waals surface area contributed by atoms with Crippen LogP contribution in [0.4, 0.5) is 26.3 Å². The standard InChI is InChI=1S/C4H5F6N/c5-1(2(6)7)4(9,10)3(8)11/h1-3H,11H2. The summed E-state index contributed by atoms with van der Waals surface area (Å²) in [5.41, 5.74) is 3.92. The number of alkyl halides is 6. The van der Waals surface area contributed by atoms with Crippen LogP contribution in [0.25, 0.3) is 0 Å². The van der Waals surface area contributed by atoms with Crippen LogP contribution in [0.5, 0.6) is 0 Å². The third kappa shape index (κ3) is 2.25. The SMILES string of the molecule is NC(F)C(F)(F)C(F)C(F)F. The molecule has 0 aliphatic heterocycles. The largest absolute Gasteiger partial charge is 0.327 e. The lowest BCUT2D eigenvalue weighted by molar-refractivity contribution is -0.164. The molecule has 0 saturated carbocycles. The predicted molar refractivity (Wildman–Crippen MR) is 24.9 cm³/mol. The van der Waals surface area contributed by atoms with Crippen molar-refractivity contribution >= 4 is 0 Å². The number of nitrogens with two attached hydrogens (primary N) is 1. The molecule has 0 heterocycles. The molecule has 0 amide bonds. The topological polar surface area (TPSA) is 26.0 Å². The van der Waals surface area contributed by atoms with E-state index in [1.165, 1.54) is 0 Å². The van der Waals surface area contributed by atoms with E-state index < -0.39 is 24.8 Å². The van der Waals surface area contributed by atoms with Crippen LogP contribution in [0.2, 0.25) is 0 Å². The number of hydrogen-bond acceptors (Lipinski definition) is 1. The molecule has 7 heteroatoms. The van der Waals surface area contributed by atoms with Gasteiger partial charge in [-0.25, -0.2) is 17.6 Å². The van der Waals surface area contributed by atoms with Crippen molar-refractivity contribution in [1.82, 2.24) is 0 Å². The molecule has 1 nitrogen and oxygen atoms in total. The summed E-state index contributed by atoms with van der Waals surface area (Å²) in [7, 11) is 0. The summed E-state index contributed by atoms with van der Waals surface area (Å²) in [5.74, 6) is -4.83. The third-order valence-electron chi connectivity index (χ3n) is 0.957. The van der Waals surface area contributed by atoms with Gasteiger partial charge in [-0.2, -0.15) is 8.78 Å². The highest BCUT2D eigenvalue weighted by atomic mass is 19.3. The molecule has 0 aromatic carbocycles. The summed E-state index contributed by atoms with van der Waals surface area (Å²) in [6.07, 6.45) is -11.2. The lowest BCUT2D eigenvalue weighted by Gasteiger charge is -2.20. The molecule has 11 heavy (non-hydrogen) atoms. The highest BCUT2D eigenvalue weighted by Crippen LogP contribution is 2.29. The molecule has 2 unspecified atom stereocenters. The third-order valence-corrected chi connectivity index (χ3v) is 0.957. The first-order valence-electron chi connectivity index (χ1n) is 2.49. The van der Waals surface area contributed by atoms with E-state index >= 15 is 0 Å². The molecule has 0 rings (SSSR count). The average molecular weight is 181 g/mol. The molecule has 0 bridgehead atoms. The summed E-state index contributed by atoms with van der Waals surface area (Å²) in [6, 6.07) is 0. The molecule has 0 aromatic heterocycles. The van der Waals surface area contributed by atoms with E-state index in [2.05, 4.69) is 5.73 Å². The Labute approximate surface area is 58.2 Å². The van der Waals surface area contributed by atoms with E-state index in [4.69, 9.17) is 0 Å². The first-order chi connectivity index (χ1) is 4.80. The van der Waals surface area contributed by atoms with Crippen molar-refractivity contribution in [2.24, 2.45) is 5.73 Å². The molecule has 0 aliphatic carbocycles. The maximum absolute atomic E-state index is 11.8. The van der Waals surface area contributed by atoms with Gasteiger partial charge in [-0.3, -0.25) is 5.73 Å². The van der Waals surface area contributed by atoms with E-state index in [9.17, 15) is 26.3 Å². The van der Waals surface area contributed by atoms with Gasteiger partial charge in [0.1, 0.15) is 0 Å². The molecular weight excluding hydrogens is 176 g/mol. The minimum Gasteiger partial charge on any atom is -0.296 e. The Bertz CT molecular complexity index is 124. The van der Waals surface area contributed by atoms with Crippen molar-refractivity contribution < 1.29 is 26.3 Å². The molecule has 0 spiro atoms. The highest BCUT2D eigenvalue weighted by Gasteiger charge is 2.51. The van der Waals surface area contributed by atoms with Gasteiger partial charge in [0.25, 0.3) is 6.43 Å². The lowest BCUT2D eigenvalue weighted by atomic mass is 10.2. The van der Waals surface area contributed by atoms with E-state index in [0.717, 1.165) is 0 Å². The fourth-order valence-electron chi connectivity index (χ4n) is 0.320. The van der Waals surface area contributed by atoms with Gasteiger partial charge in [-0.1, -0.05) is 0 Å². The zero-order valence-corrected chi connectivity index (χ0v) is 5.08. The van der Waals surface area contributed by atoms with Crippen molar-refractivity contribution in [3.8, 4) is 0 Å². The van der Waals surface area contributed by atoms with Crippen molar-refractivity contribution in [2.45, 2.75) is 24.8 Å². The fraction of sp³-hybridized carbons (Fsp3) is 1.00. The predicted octanol–water partition coefficient (Wildman–Crippen LogP) is 1.48. The summed E-state index contributed by atoms with van der Waals surface area (Å²) >= 11 is 0. The monoisotopic (exact) mass is 181 g/mol. The van der Waals surface area contributed by atoms with Crippen LogP contribution in [0.3, 0.4) is 0 Å². The van der Waals surface area contributed by atoms with Crippen LogP contribution in [-0.4, -0.2) is 24.8 Å². The Kier molecular flexibility index (Phi) is 3.15. The van der Waals surface area contributed by atoms with Gasteiger partial charge >= 0.3 is 5.92 Å². The Morgan fingerprint density at radius 2 is 1.36 bits per heavy atom. The molecule has 0 radical (unpaired) electrons. The van der Waals surface area contributed by atoms with Crippen molar-refractivity contribution in [3.05, 3.63) is 0 Å². The van der Waals surface area contributed by atoms with E-state index in [1.54, 1.807) is 0 Å². The van der Waals surface area contributed by atoms with Gasteiger partial charge in [0.05, 0.1) is 0 Å². The van der Waals surface area contributed by atoms with Gasteiger partial charge in [0.2, 0.25) is 12.5 Å². The number of halogens is 6. The second kappa shape index (κ2) is 3.29. The minimum absolute atomic E-state index is 3.41. The first kappa shape index (κ1) is 10.5. The van der Waals surface area contributed by atoms with Gasteiger partial charge in [0.15, 0.2) is 0 Å². The molecule has 0 aromatic rings. The molecule has 2 N–H and O–H groups in total. The summed E-state index contributed by atoms with van der Waals surface area (Å²) in [4.78, 5) is 0. The lowest BCUT2D eigenvalue weighted by Crippen LogP contribution is -2.47. The van der Waals surface area contributed by atoms with Crippen LogP contribution in [0.1, 0.15) is 0 Å². The number of rotatable bonds is 3. The van der Waals surface area contributed by atoms with Crippen LogP contribution in [0, 0.1) is 0 Å². The molecular formula is C4H5F6N. The first-order valence-corrected chi connectivity index (χ1v) is 2.49. The van der Waals surface area contributed by atoms with Gasteiger partial charge in [-0.15, -0.1) is 0 Å². The Morgan fingerprint density at radius 1 is 1.00 bits per heavy atom. The second-order valence-corrected chi connectivity index (χ2v) is 1.81. The summed E-state index contributed by atoms with van der Waals surface area (Å²) in [6.45, 7) is 0. The highest BCUT2D eigenvalue weighted by molar-refractivity contribution is 4.82. The summed E-state index contributed by atoms with van der Waals surface area (Å²) < 4.78 is 69.4. The molecule has 0 saturated heterocycles. The smallest absolute Gasteiger partial charge is 0.296 e. The van der Waals surface area contributed by atoms with E-state index in [-0.39, 0.29) is 0 Å². The van der Waals surface area contributed by atoms with Crippen molar-refractivity contribution in [3.63, 3.8) is 0 Å². The van der Waals surface area contributed by atoms with Crippen LogP contribution < -0.4 is 5.73 Å². The zero-order chi connectivity index (χ0) is 9.23. The quantitative estimate of drug-likeness (QED) is 0.517.